The van der Waals surface area contributed by atoms with Crippen LogP contribution in [0.1, 0.15) is 65.6 Å². The quantitative estimate of drug-likeness (QED) is 0.450. The molecule has 2 aliphatic heterocycles. The van der Waals surface area contributed by atoms with E-state index in [1.165, 1.54) is 22.3 Å². The Labute approximate surface area is 219 Å². The first-order valence-electron chi connectivity index (χ1n) is 13.3. The molecule has 1 spiro atoms. The Hall–Kier alpha value is -2.69. The van der Waals surface area contributed by atoms with Crippen molar-refractivity contribution in [3.05, 3.63) is 99.8 Å². The van der Waals surface area contributed by atoms with Crippen molar-refractivity contribution in [2.45, 2.75) is 56.4 Å². The molecule has 1 N–H and O–H groups in total. The molecule has 1 aliphatic carbocycles. The van der Waals surface area contributed by atoms with Crippen LogP contribution in [-0.4, -0.2) is 35.4 Å². The van der Waals surface area contributed by atoms with Crippen LogP contribution in [0.25, 0.3) is 0 Å². The van der Waals surface area contributed by atoms with Crippen LogP contribution in [-0.2, 0) is 16.6 Å². The number of hydrogen-bond donors (Lipinski definition) is 1. The molecule has 2 aromatic carbocycles. The second kappa shape index (κ2) is 9.64. The van der Waals surface area contributed by atoms with Gasteiger partial charge in [-0.2, -0.15) is 0 Å². The first-order chi connectivity index (χ1) is 17.5. The van der Waals surface area contributed by atoms with Gasteiger partial charge in [0.05, 0.1) is 12.0 Å². The van der Waals surface area contributed by atoms with Crippen molar-refractivity contribution >= 4 is 17.5 Å². The Morgan fingerprint density at radius 3 is 2.75 bits per heavy atom. The Morgan fingerprint density at radius 1 is 1.08 bits per heavy atom. The predicted molar refractivity (Wildman–Crippen MR) is 144 cm³/mol. The van der Waals surface area contributed by atoms with E-state index in [1.807, 2.05) is 6.07 Å². The normalized spacial score (nSPS) is 27.7. The molecule has 3 heterocycles. The van der Waals surface area contributed by atoms with Gasteiger partial charge in [0, 0.05) is 30.7 Å². The van der Waals surface area contributed by atoms with Crippen LogP contribution < -0.4 is 5.32 Å². The summed E-state index contributed by atoms with van der Waals surface area (Å²) in [5.41, 5.74) is 5.98. The molecule has 3 aromatic rings. The molecular formula is C31H34ClN3O. The van der Waals surface area contributed by atoms with Crippen molar-refractivity contribution in [3.8, 4) is 0 Å². The smallest absolute Gasteiger partial charge is 0.228 e. The zero-order chi connectivity index (χ0) is 24.7. The van der Waals surface area contributed by atoms with Gasteiger partial charge in [0.15, 0.2) is 0 Å². The molecule has 186 valence electrons. The second-order valence-electron chi connectivity index (χ2n) is 10.9. The van der Waals surface area contributed by atoms with Crippen LogP contribution in [0.5, 0.6) is 0 Å². The zero-order valence-corrected chi connectivity index (χ0v) is 21.7. The number of aromatic nitrogens is 1. The lowest BCUT2D eigenvalue weighted by Crippen LogP contribution is -2.50. The molecule has 5 heteroatoms. The van der Waals surface area contributed by atoms with Crippen LogP contribution in [0.15, 0.2) is 66.7 Å². The number of likely N-dealkylation sites (tertiary alicyclic amines) is 1. The largest absolute Gasteiger partial charge is 0.335 e. The van der Waals surface area contributed by atoms with Crippen LogP contribution in [0.4, 0.5) is 0 Å². The van der Waals surface area contributed by atoms with Crippen molar-refractivity contribution in [2.75, 3.05) is 19.6 Å². The summed E-state index contributed by atoms with van der Waals surface area (Å²) in [5, 5.41) is 4.14. The summed E-state index contributed by atoms with van der Waals surface area (Å²) >= 11 is 6.25. The standard InChI is InChI=1S/C31H34ClN3O/c1-21-7-5-10-24(17-21)28-18-23(22-8-3-2-4-9-22)14-16-35(28)30(36)26-19-33-20-31(26)15-6-11-27-25(31)12-13-29(32)34-27/h2-5,7-10,12-13,17,23,26,28,33H,6,11,14-16,18-20H2,1H3. The topological polar surface area (TPSA) is 45.2 Å². The number of hydrogen-bond acceptors (Lipinski definition) is 3. The molecule has 0 bridgehead atoms. The molecule has 1 aromatic heterocycles. The van der Waals surface area contributed by atoms with Gasteiger partial charge in [0.25, 0.3) is 0 Å². The van der Waals surface area contributed by atoms with Gasteiger partial charge in [-0.25, -0.2) is 4.98 Å². The number of piperidine rings is 1. The number of fused-ring (bicyclic) bond motifs is 2. The zero-order valence-electron chi connectivity index (χ0n) is 20.9. The molecule has 4 atom stereocenters. The molecule has 4 nitrogen and oxygen atoms in total. The molecule has 0 saturated carbocycles. The number of carbonyl (C=O) groups is 1. The van der Waals surface area contributed by atoms with E-state index in [9.17, 15) is 4.79 Å². The molecule has 1 amide bonds. The molecular weight excluding hydrogens is 466 g/mol. The lowest BCUT2D eigenvalue weighted by atomic mass is 9.65. The Bertz CT molecular complexity index is 1260. The second-order valence-corrected chi connectivity index (χ2v) is 11.3. The van der Waals surface area contributed by atoms with E-state index < -0.39 is 0 Å². The van der Waals surface area contributed by atoms with E-state index in [4.69, 9.17) is 11.6 Å². The summed E-state index contributed by atoms with van der Waals surface area (Å²) in [7, 11) is 0. The van der Waals surface area contributed by atoms with Crippen LogP contribution in [0.3, 0.4) is 0 Å². The van der Waals surface area contributed by atoms with Gasteiger partial charge < -0.3 is 10.2 Å². The average molecular weight is 500 g/mol. The molecule has 4 unspecified atom stereocenters. The molecule has 0 radical (unpaired) electrons. The monoisotopic (exact) mass is 499 g/mol. The summed E-state index contributed by atoms with van der Waals surface area (Å²) in [6, 6.07) is 23.7. The van der Waals surface area contributed by atoms with Gasteiger partial charge >= 0.3 is 0 Å². The van der Waals surface area contributed by atoms with E-state index in [2.05, 4.69) is 82.8 Å². The fraction of sp³-hybridized carbons (Fsp3) is 0.419. The third kappa shape index (κ3) is 4.14. The molecule has 6 rings (SSSR count). The van der Waals surface area contributed by atoms with E-state index in [-0.39, 0.29) is 17.4 Å². The number of rotatable bonds is 3. The highest BCUT2D eigenvalue weighted by Crippen LogP contribution is 2.48. The summed E-state index contributed by atoms with van der Waals surface area (Å²) in [5.74, 6) is 0.666. The number of pyridine rings is 1. The minimum absolute atomic E-state index is 0.0832. The van der Waals surface area contributed by atoms with Crippen LogP contribution in [0, 0.1) is 12.8 Å². The van der Waals surface area contributed by atoms with Gasteiger partial charge in [0.1, 0.15) is 5.15 Å². The number of aryl methyl sites for hydroxylation is 2. The number of amides is 1. The highest BCUT2D eigenvalue weighted by atomic mass is 35.5. The summed E-state index contributed by atoms with van der Waals surface area (Å²) in [6.07, 6.45) is 4.96. The number of nitrogens with zero attached hydrogens (tertiary/aromatic N) is 2. The van der Waals surface area contributed by atoms with Crippen molar-refractivity contribution in [2.24, 2.45) is 5.92 Å². The summed E-state index contributed by atoms with van der Waals surface area (Å²) in [4.78, 5) is 21.4. The maximum atomic E-state index is 14.5. The number of nitrogens with one attached hydrogen (secondary N) is 1. The maximum Gasteiger partial charge on any atom is 0.228 e. The van der Waals surface area contributed by atoms with Gasteiger partial charge in [-0.1, -0.05) is 77.8 Å². The van der Waals surface area contributed by atoms with Crippen LogP contribution >= 0.6 is 11.6 Å². The SMILES string of the molecule is Cc1cccc(C2CC(c3ccccc3)CCN2C(=O)C2CNCC23CCCc2nc(Cl)ccc23)c1. The molecule has 2 saturated heterocycles. The third-order valence-corrected chi connectivity index (χ3v) is 9.06. The molecule has 3 aliphatic rings. The average Bonchev–Trinajstić information content (AvgIpc) is 3.32. The van der Waals surface area contributed by atoms with Gasteiger partial charge in [0.2, 0.25) is 5.91 Å². The highest BCUT2D eigenvalue weighted by Gasteiger charge is 2.52. The van der Waals surface area contributed by atoms with Crippen molar-refractivity contribution in [3.63, 3.8) is 0 Å². The van der Waals surface area contributed by atoms with Gasteiger partial charge in [-0.15, -0.1) is 0 Å². The Kier molecular flexibility index (Phi) is 6.35. The molecule has 36 heavy (non-hydrogen) atoms. The van der Waals surface area contributed by atoms with Gasteiger partial charge in [-0.05, 0) is 67.7 Å². The number of carbonyl (C=O) groups excluding carboxylic acids is 1. The fourth-order valence-electron chi connectivity index (χ4n) is 7.10. The lowest BCUT2D eigenvalue weighted by molar-refractivity contribution is -0.141. The van der Waals surface area contributed by atoms with Crippen molar-refractivity contribution < 1.29 is 4.79 Å². The molecule has 2 fully saturated rings. The lowest BCUT2D eigenvalue weighted by Gasteiger charge is -2.45. The van der Waals surface area contributed by atoms with E-state index >= 15 is 0 Å². The van der Waals surface area contributed by atoms with Gasteiger partial charge in [-0.3, -0.25) is 4.79 Å². The Balaban J connectivity index is 1.35. The fourth-order valence-corrected chi connectivity index (χ4v) is 7.27. The van der Waals surface area contributed by atoms with Crippen molar-refractivity contribution in [1.82, 2.24) is 15.2 Å². The number of benzene rings is 2. The maximum absolute atomic E-state index is 14.5. The van der Waals surface area contributed by atoms with Crippen molar-refractivity contribution in [1.29, 1.82) is 0 Å². The predicted octanol–water partition coefficient (Wildman–Crippen LogP) is 5.98. The minimum atomic E-state index is -0.199. The van der Waals surface area contributed by atoms with E-state index in [0.29, 0.717) is 17.0 Å². The van der Waals surface area contributed by atoms with Crippen LogP contribution in [0.2, 0.25) is 5.15 Å². The summed E-state index contributed by atoms with van der Waals surface area (Å²) in [6.45, 7) is 4.48. The third-order valence-electron chi connectivity index (χ3n) is 8.85. The first-order valence-corrected chi connectivity index (χ1v) is 13.7. The minimum Gasteiger partial charge on any atom is -0.335 e. The van der Waals surface area contributed by atoms with E-state index in [0.717, 1.165) is 57.4 Å². The number of halogens is 1. The Morgan fingerprint density at radius 2 is 1.92 bits per heavy atom. The first kappa shape index (κ1) is 23.7. The van der Waals surface area contributed by atoms with E-state index in [1.54, 1.807) is 0 Å². The highest BCUT2D eigenvalue weighted by molar-refractivity contribution is 6.29. The summed E-state index contributed by atoms with van der Waals surface area (Å²) < 4.78 is 0.